The molecule has 0 spiro atoms. The Kier molecular flexibility index (Phi) is 8.24. The molecule has 4 rings (SSSR count). The predicted octanol–water partition coefficient (Wildman–Crippen LogP) is 5.83. The first-order chi connectivity index (χ1) is 17.5. The maximum absolute atomic E-state index is 14.4. The van der Waals surface area contributed by atoms with Crippen molar-refractivity contribution in [1.29, 1.82) is 0 Å². The predicted molar refractivity (Wildman–Crippen MR) is 133 cm³/mol. The molecule has 0 N–H and O–H groups in total. The number of rotatable bonds is 10. The van der Waals surface area contributed by atoms with Crippen molar-refractivity contribution in [1.82, 2.24) is 9.88 Å². The van der Waals surface area contributed by atoms with E-state index >= 15 is 0 Å². The molecular weight excluding hydrogens is 462 g/mol. The van der Waals surface area contributed by atoms with E-state index in [9.17, 15) is 13.6 Å². The third-order valence-corrected chi connectivity index (χ3v) is 5.65. The van der Waals surface area contributed by atoms with Crippen LogP contribution >= 0.6 is 0 Å². The lowest BCUT2D eigenvalue weighted by Crippen LogP contribution is -2.33. The number of benzene rings is 3. The van der Waals surface area contributed by atoms with Crippen molar-refractivity contribution in [3.05, 3.63) is 125 Å². The molecule has 7 heteroatoms. The summed E-state index contributed by atoms with van der Waals surface area (Å²) in [4.78, 5) is 19.1. The maximum Gasteiger partial charge on any atom is 0.257 e. The Labute approximate surface area is 208 Å². The molecule has 0 aliphatic rings. The van der Waals surface area contributed by atoms with Crippen LogP contribution in [-0.4, -0.2) is 29.4 Å². The van der Waals surface area contributed by atoms with Crippen LogP contribution in [-0.2, 0) is 19.6 Å². The summed E-state index contributed by atoms with van der Waals surface area (Å²) in [5.41, 5.74) is 2.41. The van der Waals surface area contributed by atoms with Gasteiger partial charge in [0.15, 0.2) is 11.5 Å². The molecule has 0 bridgehead atoms. The second kappa shape index (κ2) is 11.9. The average Bonchev–Trinajstić information content (AvgIpc) is 2.91. The first-order valence-electron chi connectivity index (χ1n) is 11.5. The molecule has 0 fully saturated rings. The zero-order valence-electron chi connectivity index (χ0n) is 19.9. The standard InChI is InChI=1S/C29H26F2N2O3/c1-35-28-17-22(10-13-27(28)36-20-21-7-3-2-4-8-21)19-33(16-14-24-9-5-6-15-32-24)29(34)25-12-11-23(30)18-26(25)31/h2-13,15,17-18H,14,16,19-20H2,1H3. The van der Waals surface area contributed by atoms with E-state index in [-0.39, 0.29) is 12.1 Å². The van der Waals surface area contributed by atoms with Gasteiger partial charge in [-0.1, -0.05) is 42.5 Å². The van der Waals surface area contributed by atoms with Crippen LogP contribution in [0.1, 0.15) is 27.2 Å². The van der Waals surface area contributed by atoms with Gasteiger partial charge in [0.05, 0.1) is 12.7 Å². The average molecular weight is 489 g/mol. The number of ether oxygens (including phenoxy) is 2. The van der Waals surface area contributed by atoms with Gasteiger partial charge in [-0.15, -0.1) is 0 Å². The molecule has 36 heavy (non-hydrogen) atoms. The van der Waals surface area contributed by atoms with E-state index in [1.807, 2.05) is 54.6 Å². The Morgan fingerprint density at radius 2 is 1.69 bits per heavy atom. The molecule has 0 saturated carbocycles. The molecule has 0 unspecified atom stereocenters. The number of amides is 1. The molecule has 1 aromatic heterocycles. The van der Waals surface area contributed by atoms with Crippen molar-refractivity contribution in [2.24, 2.45) is 0 Å². The van der Waals surface area contributed by atoms with Crippen molar-refractivity contribution >= 4 is 5.91 Å². The molecule has 0 aliphatic heterocycles. The molecule has 0 saturated heterocycles. The van der Waals surface area contributed by atoms with Crippen LogP contribution in [0.2, 0.25) is 0 Å². The largest absolute Gasteiger partial charge is 0.493 e. The maximum atomic E-state index is 14.4. The highest BCUT2D eigenvalue weighted by Gasteiger charge is 2.21. The number of hydrogen-bond acceptors (Lipinski definition) is 4. The molecule has 1 heterocycles. The number of methoxy groups -OCH3 is 1. The molecular formula is C29H26F2N2O3. The molecule has 184 valence electrons. The zero-order chi connectivity index (χ0) is 25.3. The van der Waals surface area contributed by atoms with E-state index in [1.54, 1.807) is 25.4 Å². The number of hydrogen-bond donors (Lipinski definition) is 0. The monoisotopic (exact) mass is 488 g/mol. The summed E-state index contributed by atoms with van der Waals surface area (Å²) in [5, 5.41) is 0. The van der Waals surface area contributed by atoms with Crippen LogP contribution in [0.15, 0.2) is 91.1 Å². The van der Waals surface area contributed by atoms with Gasteiger partial charge in [0.1, 0.15) is 18.2 Å². The van der Waals surface area contributed by atoms with Crippen molar-refractivity contribution in [3.63, 3.8) is 0 Å². The highest BCUT2D eigenvalue weighted by molar-refractivity contribution is 5.94. The van der Waals surface area contributed by atoms with Crippen molar-refractivity contribution < 1.29 is 23.0 Å². The number of carbonyl (C=O) groups excluding carboxylic acids is 1. The van der Waals surface area contributed by atoms with E-state index < -0.39 is 17.5 Å². The molecule has 0 radical (unpaired) electrons. The first kappa shape index (κ1) is 24.9. The van der Waals surface area contributed by atoms with Gasteiger partial charge in [-0.2, -0.15) is 0 Å². The van der Waals surface area contributed by atoms with Gasteiger partial charge in [0.2, 0.25) is 0 Å². The second-order valence-electron chi connectivity index (χ2n) is 8.18. The van der Waals surface area contributed by atoms with Gasteiger partial charge in [-0.05, 0) is 47.5 Å². The first-order valence-corrected chi connectivity index (χ1v) is 11.5. The highest BCUT2D eigenvalue weighted by Crippen LogP contribution is 2.29. The lowest BCUT2D eigenvalue weighted by Gasteiger charge is -2.24. The third-order valence-electron chi connectivity index (χ3n) is 5.65. The number of carbonyl (C=O) groups is 1. The lowest BCUT2D eigenvalue weighted by atomic mass is 10.1. The van der Waals surface area contributed by atoms with Crippen molar-refractivity contribution in [2.45, 2.75) is 19.6 Å². The SMILES string of the molecule is COc1cc(CN(CCc2ccccn2)C(=O)c2ccc(F)cc2F)ccc1OCc1ccccc1. The summed E-state index contributed by atoms with van der Waals surface area (Å²) in [6.07, 6.45) is 2.16. The molecule has 5 nitrogen and oxygen atoms in total. The number of nitrogens with zero attached hydrogens (tertiary/aromatic N) is 2. The van der Waals surface area contributed by atoms with Gasteiger partial charge in [0.25, 0.3) is 5.91 Å². The summed E-state index contributed by atoms with van der Waals surface area (Å²) in [7, 11) is 1.55. The Morgan fingerprint density at radius 3 is 2.42 bits per heavy atom. The van der Waals surface area contributed by atoms with Crippen LogP contribution in [0.3, 0.4) is 0 Å². The Bertz CT molecular complexity index is 1300. The second-order valence-corrected chi connectivity index (χ2v) is 8.18. The molecule has 0 aliphatic carbocycles. The molecule has 3 aromatic carbocycles. The van der Waals surface area contributed by atoms with Crippen molar-refractivity contribution in [2.75, 3.05) is 13.7 Å². The minimum atomic E-state index is -0.898. The van der Waals surface area contributed by atoms with E-state index in [1.165, 1.54) is 11.0 Å². The van der Waals surface area contributed by atoms with Gasteiger partial charge >= 0.3 is 0 Å². The fraction of sp³-hybridized carbons (Fsp3) is 0.172. The minimum Gasteiger partial charge on any atom is -0.493 e. The number of aromatic nitrogens is 1. The quantitative estimate of drug-likeness (QED) is 0.282. The van der Waals surface area contributed by atoms with Crippen LogP contribution in [0, 0.1) is 11.6 Å². The normalized spacial score (nSPS) is 10.6. The number of pyridine rings is 1. The smallest absolute Gasteiger partial charge is 0.257 e. The molecule has 0 atom stereocenters. The fourth-order valence-electron chi connectivity index (χ4n) is 3.77. The lowest BCUT2D eigenvalue weighted by molar-refractivity contribution is 0.0739. The van der Waals surface area contributed by atoms with Crippen LogP contribution in [0.5, 0.6) is 11.5 Å². The number of halogens is 2. The van der Waals surface area contributed by atoms with E-state index in [0.717, 1.165) is 22.9 Å². The summed E-state index contributed by atoms with van der Waals surface area (Å²) in [6, 6.07) is 23.7. The molecule has 4 aromatic rings. The van der Waals surface area contributed by atoms with Gasteiger partial charge in [-0.3, -0.25) is 9.78 Å². The third kappa shape index (κ3) is 6.44. The van der Waals surface area contributed by atoms with Crippen LogP contribution in [0.25, 0.3) is 0 Å². The Balaban J connectivity index is 1.54. The summed E-state index contributed by atoms with van der Waals surface area (Å²) < 4.78 is 39.3. The topological polar surface area (TPSA) is 51.7 Å². The van der Waals surface area contributed by atoms with Crippen molar-refractivity contribution in [3.8, 4) is 11.5 Å². The van der Waals surface area contributed by atoms with E-state index in [0.29, 0.717) is 37.1 Å². The minimum absolute atomic E-state index is 0.188. The summed E-state index contributed by atoms with van der Waals surface area (Å²) in [5.74, 6) is -1.08. The summed E-state index contributed by atoms with van der Waals surface area (Å²) >= 11 is 0. The van der Waals surface area contributed by atoms with Crippen LogP contribution < -0.4 is 9.47 Å². The van der Waals surface area contributed by atoms with Gasteiger partial charge in [0, 0.05) is 37.5 Å². The fourth-order valence-corrected chi connectivity index (χ4v) is 3.77. The van der Waals surface area contributed by atoms with Gasteiger partial charge < -0.3 is 14.4 Å². The van der Waals surface area contributed by atoms with Gasteiger partial charge in [-0.25, -0.2) is 8.78 Å². The van der Waals surface area contributed by atoms with E-state index in [4.69, 9.17) is 9.47 Å². The van der Waals surface area contributed by atoms with E-state index in [2.05, 4.69) is 4.98 Å². The molecule has 1 amide bonds. The summed E-state index contributed by atoms with van der Waals surface area (Å²) in [6.45, 7) is 0.869. The zero-order valence-corrected chi connectivity index (χ0v) is 19.9. The highest BCUT2D eigenvalue weighted by atomic mass is 19.1. The van der Waals surface area contributed by atoms with Crippen LogP contribution in [0.4, 0.5) is 8.78 Å². The Hall–Kier alpha value is -4.26. The Morgan fingerprint density at radius 1 is 0.889 bits per heavy atom.